The van der Waals surface area contributed by atoms with E-state index < -0.39 is 28.3 Å². The van der Waals surface area contributed by atoms with Crippen molar-refractivity contribution >= 4 is 35.3 Å². The lowest BCUT2D eigenvalue weighted by Gasteiger charge is -2.50. The molecule has 238 valence electrons. The molecule has 4 aromatic carbocycles. The lowest BCUT2D eigenvalue weighted by molar-refractivity contribution is -0.148. The standard InChI is InChI=1S/C38H36N4O4S/c1-37(2)33(34-39-30(43)23-31(44)41(34)24-25-19-21-29(46-3)22-20-25)42-35(45)32(36(42)47-37)40-38(26-13-7-4-8-14-26,27-15-9-5-10-16-27)28-17-11-6-12-18-28/h4-22,32-33,36,40H,23-24H2,1-3H3/t32?,33?,36-/m0/s1. The van der Waals surface area contributed by atoms with Crippen LogP contribution in [0, 0.1) is 0 Å². The van der Waals surface area contributed by atoms with Gasteiger partial charge in [0.2, 0.25) is 11.8 Å². The molecule has 9 heteroatoms. The van der Waals surface area contributed by atoms with Crippen LogP contribution in [0.15, 0.2) is 120 Å². The zero-order valence-electron chi connectivity index (χ0n) is 26.5. The van der Waals surface area contributed by atoms with Crippen molar-refractivity contribution in [1.29, 1.82) is 0 Å². The van der Waals surface area contributed by atoms with Gasteiger partial charge in [0, 0.05) is 4.75 Å². The van der Waals surface area contributed by atoms with Crippen molar-refractivity contribution in [3.05, 3.63) is 138 Å². The van der Waals surface area contributed by atoms with Gasteiger partial charge in [0.15, 0.2) is 0 Å². The first-order valence-corrected chi connectivity index (χ1v) is 16.6. The quantitative estimate of drug-likeness (QED) is 0.150. The second kappa shape index (κ2) is 12.1. The second-order valence-corrected chi connectivity index (χ2v) is 14.4. The highest BCUT2D eigenvalue weighted by Crippen LogP contribution is 2.53. The minimum Gasteiger partial charge on any atom is -0.497 e. The van der Waals surface area contributed by atoms with Crippen LogP contribution in [-0.4, -0.2) is 62.7 Å². The first-order valence-electron chi connectivity index (χ1n) is 15.7. The maximum absolute atomic E-state index is 14.4. The fourth-order valence-corrected chi connectivity index (χ4v) is 8.71. The van der Waals surface area contributed by atoms with Gasteiger partial charge in [0.25, 0.3) is 5.91 Å². The van der Waals surface area contributed by atoms with Gasteiger partial charge in [-0.2, -0.15) is 4.99 Å². The molecular weight excluding hydrogens is 609 g/mol. The maximum atomic E-state index is 14.4. The van der Waals surface area contributed by atoms with Crippen molar-refractivity contribution in [3.63, 3.8) is 0 Å². The monoisotopic (exact) mass is 644 g/mol. The third-order valence-electron chi connectivity index (χ3n) is 9.30. The zero-order chi connectivity index (χ0) is 32.8. The number of carbonyl (C=O) groups is 3. The van der Waals surface area contributed by atoms with Gasteiger partial charge in [0.05, 0.1) is 19.2 Å². The predicted octanol–water partition coefficient (Wildman–Crippen LogP) is 5.37. The van der Waals surface area contributed by atoms with E-state index in [1.807, 2.05) is 83.8 Å². The first kappa shape index (κ1) is 30.9. The summed E-state index contributed by atoms with van der Waals surface area (Å²) in [5, 5.41) is 3.61. The van der Waals surface area contributed by atoms with Crippen molar-refractivity contribution in [2.24, 2.45) is 4.99 Å². The van der Waals surface area contributed by atoms with Crippen LogP contribution in [0.5, 0.6) is 5.75 Å². The molecule has 2 saturated heterocycles. The Labute approximate surface area is 278 Å². The number of nitrogens with zero attached hydrogens (tertiary/aromatic N) is 3. The summed E-state index contributed by atoms with van der Waals surface area (Å²) < 4.78 is 4.76. The number of carbonyl (C=O) groups excluding carboxylic acids is 3. The summed E-state index contributed by atoms with van der Waals surface area (Å²) in [5.41, 5.74) is 3.09. The molecule has 0 bridgehead atoms. The van der Waals surface area contributed by atoms with Gasteiger partial charge in [-0.1, -0.05) is 103 Å². The number of nitrogens with one attached hydrogen (secondary N) is 1. The number of β-lactam (4-membered cyclic amide) rings is 1. The van der Waals surface area contributed by atoms with Gasteiger partial charge in [-0.25, -0.2) is 0 Å². The molecule has 0 spiro atoms. The van der Waals surface area contributed by atoms with E-state index >= 15 is 0 Å². The number of methoxy groups -OCH3 is 1. The minimum absolute atomic E-state index is 0.0946. The molecule has 47 heavy (non-hydrogen) atoms. The smallest absolute Gasteiger partial charge is 0.256 e. The van der Waals surface area contributed by atoms with Crippen molar-refractivity contribution in [1.82, 2.24) is 15.1 Å². The van der Waals surface area contributed by atoms with E-state index in [0.717, 1.165) is 22.3 Å². The van der Waals surface area contributed by atoms with E-state index in [2.05, 4.69) is 60.6 Å². The fraction of sp³-hybridized carbons (Fsp3) is 0.263. The van der Waals surface area contributed by atoms with Crippen LogP contribution in [0.2, 0.25) is 0 Å². The van der Waals surface area contributed by atoms with E-state index in [4.69, 9.17) is 4.74 Å². The van der Waals surface area contributed by atoms with E-state index in [9.17, 15) is 14.4 Å². The Bertz CT molecular complexity index is 1730. The number of amides is 3. The molecule has 0 aliphatic carbocycles. The van der Waals surface area contributed by atoms with Gasteiger partial charge < -0.3 is 9.64 Å². The highest BCUT2D eigenvalue weighted by atomic mass is 32.2. The molecule has 0 radical (unpaired) electrons. The second-order valence-electron chi connectivity index (χ2n) is 12.6. The molecular formula is C38H36N4O4S. The van der Waals surface area contributed by atoms with Gasteiger partial charge in [-0.15, -0.1) is 11.8 Å². The van der Waals surface area contributed by atoms with Crippen molar-refractivity contribution in [2.45, 2.75) is 54.6 Å². The highest BCUT2D eigenvalue weighted by Gasteiger charge is 2.65. The number of fused-ring (bicyclic) bond motifs is 1. The van der Waals surface area contributed by atoms with Crippen LogP contribution in [0.25, 0.3) is 0 Å². The van der Waals surface area contributed by atoms with Crippen molar-refractivity contribution in [2.75, 3.05) is 7.11 Å². The summed E-state index contributed by atoms with van der Waals surface area (Å²) in [6.45, 7) is 4.35. The minimum atomic E-state index is -0.826. The fourth-order valence-electron chi connectivity index (χ4n) is 7.08. The summed E-state index contributed by atoms with van der Waals surface area (Å²) in [6.07, 6.45) is -0.296. The molecule has 0 aromatic heterocycles. The summed E-state index contributed by atoms with van der Waals surface area (Å²) in [5.74, 6) is 0.136. The topological polar surface area (TPSA) is 91.3 Å². The summed E-state index contributed by atoms with van der Waals surface area (Å²) in [6, 6.07) is 37.0. The third kappa shape index (κ3) is 5.33. The number of benzene rings is 4. The highest BCUT2D eigenvalue weighted by molar-refractivity contribution is 8.01. The average molecular weight is 645 g/mol. The molecule has 4 aromatic rings. The lowest BCUT2D eigenvalue weighted by atomic mass is 9.76. The van der Waals surface area contributed by atoms with Crippen LogP contribution in [0.1, 0.15) is 42.5 Å². The summed E-state index contributed by atoms with van der Waals surface area (Å²) in [7, 11) is 1.60. The Kier molecular flexibility index (Phi) is 7.98. The summed E-state index contributed by atoms with van der Waals surface area (Å²) >= 11 is 1.67. The van der Waals surface area contributed by atoms with Crippen molar-refractivity contribution in [3.8, 4) is 5.75 Å². The molecule has 3 heterocycles. The number of ether oxygens (including phenoxy) is 1. The zero-order valence-corrected chi connectivity index (χ0v) is 27.3. The number of thioether (sulfide) groups is 1. The van der Waals surface area contributed by atoms with Crippen LogP contribution in [0.4, 0.5) is 0 Å². The molecule has 2 fully saturated rings. The average Bonchev–Trinajstić information content (AvgIpc) is 3.35. The number of rotatable bonds is 9. The Morgan fingerprint density at radius 1 is 0.830 bits per heavy atom. The van der Waals surface area contributed by atoms with E-state index in [0.29, 0.717) is 11.6 Å². The maximum Gasteiger partial charge on any atom is 0.256 e. The molecule has 7 rings (SSSR count). The molecule has 0 saturated carbocycles. The van der Waals surface area contributed by atoms with Gasteiger partial charge >= 0.3 is 0 Å². The Hall–Kier alpha value is -4.73. The third-order valence-corrected chi connectivity index (χ3v) is 10.9. The SMILES string of the molecule is COc1ccc(CN2C(=O)CC(=O)N=C2C2N3C(=O)C(NC(c4ccccc4)(c4ccccc4)c4ccccc4)[C@@H]3SC2(C)C)cc1. The normalized spacial score (nSPS) is 22.1. The number of aliphatic imine (C=N–C) groups is 1. The summed E-state index contributed by atoms with van der Waals surface area (Å²) in [4.78, 5) is 48.5. The van der Waals surface area contributed by atoms with Crippen LogP contribution >= 0.6 is 11.8 Å². The largest absolute Gasteiger partial charge is 0.497 e. The predicted molar refractivity (Wildman–Crippen MR) is 183 cm³/mol. The van der Waals surface area contributed by atoms with E-state index in [1.54, 1.807) is 23.8 Å². The number of amidine groups is 1. The Balaban J connectivity index is 1.26. The Morgan fingerprint density at radius 3 is 1.87 bits per heavy atom. The van der Waals surface area contributed by atoms with Crippen LogP contribution in [-0.2, 0) is 26.5 Å². The molecule has 3 aliphatic rings. The lowest BCUT2D eigenvalue weighted by Crippen LogP contribution is -2.73. The molecule has 8 nitrogen and oxygen atoms in total. The van der Waals surface area contributed by atoms with Gasteiger partial charge in [-0.3, -0.25) is 24.6 Å². The van der Waals surface area contributed by atoms with Gasteiger partial charge in [-0.05, 0) is 48.2 Å². The van der Waals surface area contributed by atoms with Crippen LogP contribution in [0.3, 0.4) is 0 Å². The van der Waals surface area contributed by atoms with Gasteiger partial charge in [0.1, 0.15) is 35.5 Å². The van der Waals surface area contributed by atoms with Crippen LogP contribution < -0.4 is 10.1 Å². The number of hydrogen-bond donors (Lipinski definition) is 1. The number of hydrogen-bond acceptors (Lipinski definition) is 6. The van der Waals surface area contributed by atoms with Crippen molar-refractivity contribution < 1.29 is 19.1 Å². The molecule has 2 unspecified atom stereocenters. The van der Waals surface area contributed by atoms with E-state index in [-0.39, 0.29) is 30.2 Å². The first-order chi connectivity index (χ1) is 22.7. The molecule has 3 aliphatic heterocycles. The molecule has 3 amide bonds. The van der Waals surface area contributed by atoms with E-state index in [1.165, 1.54) is 0 Å². The Morgan fingerprint density at radius 2 is 1.36 bits per heavy atom. The molecule has 1 N–H and O–H groups in total. The molecule has 3 atom stereocenters.